The Labute approximate surface area is 152 Å². The molecule has 130 valence electrons. The minimum absolute atomic E-state index is 0.0152. The van der Waals surface area contributed by atoms with Crippen LogP contribution in [0.2, 0.25) is 0 Å². The number of rotatable bonds is 2. The second-order valence-electron chi connectivity index (χ2n) is 6.29. The SMILES string of the molecule is Cc1nn(-c2ccc3nnc(C)n3n2)c2c1C(c1cccs1)CC(=O)N2. The van der Waals surface area contributed by atoms with Crippen LogP contribution in [0.25, 0.3) is 11.5 Å². The Morgan fingerprint density at radius 3 is 2.88 bits per heavy atom. The van der Waals surface area contributed by atoms with E-state index in [2.05, 4.69) is 31.8 Å². The molecule has 1 N–H and O–H groups in total. The predicted molar refractivity (Wildman–Crippen MR) is 96.8 cm³/mol. The molecular weight excluding hydrogens is 350 g/mol. The molecule has 4 aromatic rings. The van der Waals surface area contributed by atoms with E-state index in [9.17, 15) is 4.79 Å². The molecule has 1 amide bonds. The summed E-state index contributed by atoms with van der Waals surface area (Å²) in [5, 5.41) is 22.4. The van der Waals surface area contributed by atoms with Gasteiger partial charge in [0.25, 0.3) is 0 Å². The fourth-order valence-corrected chi connectivity index (χ4v) is 4.28. The third-order valence-corrected chi connectivity index (χ3v) is 5.60. The van der Waals surface area contributed by atoms with Crippen molar-refractivity contribution in [2.45, 2.75) is 26.2 Å². The minimum atomic E-state index is -0.0152. The lowest BCUT2D eigenvalue weighted by Crippen LogP contribution is -2.24. The smallest absolute Gasteiger partial charge is 0.226 e. The lowest BCUT2D eigenvalue weighted by atomic mass is 9.91. The van der Waals surface area contributed by atoms with E-state index >= 15 is 0 Å². The van der Waals surface area contributed by atoms with Gasteiger partial charge in [-0.3, -0.25) is 4.79 Å². The number of anilines is 1. The molecule has 1 aliphatic rings. The van der Waals surface area contributed by atoms with Crippen LogP contribution in [0.1, 0.15) is 34.3 Å². The molecule has 0 saturated heterocycles. The molecule has 0 bridgehead atoms. The zero-order chi connectivity index (χ0) is 17.8. The summed E-state index contributed by atoms with van der Waals surface area (Å²) in [5.41, 5.74) is 2.61. The molecule has 0 fully saturated rings. The summed E-state index contributed by atoms with van der Waals surface area (Å²) in [6, 6.07) is 7.75. The summed E-state index contributed by atoms with van der Waals surface area (Å²) in [5.74, 6) is 2.00. The van der Waals surface area contributed by atoms with E-state index in [1.807, 2.05) is 37.4 Å². The summed E-state index contributed by atoms with van der Waals surface area (Å²) in [6.07, 6.45) is 0.428. The van der Waals surface area contributed by atoms with Gasteiger partial charge in [-0.1, -0.05) is 6.07 Å². The molecule has 8 nitrogen and oxygen atoms in total. The molecular formula is C17H15N7OS. The Hall–Kier alpha value is -3.07. The van der Waals surface area contributed by atoms with Crippen molar-refractivity contribution in [2.24, 2.45) is 0 Å². The lowest BCUT2D eigenvalue weighted by molar-refractivity contribution is -0.116. The Kier molecular flexibility index (Phi) is 3.20. The Morgan fingerprint density at radius 1 is 1.19 bits per heavy atom. The van der Waals surface area contributed by atoms with Crippen molar-refractivity contribution in [3.8, 4) is 5.82 Å². The van der Waals surface area contributed by atoms with Crippen LogP contribution in [0.15, 0.2) is 29.6 Å². The fourth-order valence-electron chi connectivity index (χ4n) is 3.44. The second-order valence-corrected chi connectivity index (χ2v) is 7.27. The number of nitrogens with one attached hydrogen (secondary N) is 1. The number of carbonyl (C=O) groups excluding carboxylic acids is 1. The highest BCUT2D eigenvalue weighted by Crippen LogP contribution is 2.41. The number of thiophene rings is 1. The van der Waals surface area contributed by atoms with Crippen LogP contribution in [0.5, 0.6) is 0 Å². The molecule has 0 saturated carbocycles. The third-order valence-electron chi connectivity index (χ3n) is 4.61. The van der Waals surface area contributed by atoms with E-state index in [4.69, 9.17) is 0 Å². The van der Waals surface area contributed by atoms with Crippen LogP contribution in [0.4, 0.5) is 5.82 Å². The lowest BCUT2D eigenvalue weighted by Gasteiger charge is -2.23. The van der Waals surface area contributed by atoms with Crippen molar-refractivity contribution in [2.75, 3.05) is 5.32 Å². The van der Waals surface area contributed by atoms with Gasteiger partial charge in [0.2, 0.25) is 5.91 Å². The van der Waals surface area contributed by atoms with E-state index in [1.54, 1.807) is 20.5 Å². The first-order valence-electron chi connectivity index (χ1n) is 8.24. The molecule has 0 radical (unpaired) electrons. The largest absolute Gasteiger partial charge is 0.310 e. The first-order chi connectivity index (χ1) is 12.6. The zero-order valence-electron chi connectivity index (χ0n) is 14.2. The predicted octanol–water partition coefficient (Wildman–Crippen LogP) is 2.46. The average Bonchev–Trinajstić information content (AvgIpc) is 3.35. The van der Waals surface area contributed by atoms with E-state index in [1.165, 1.54) is 4.88 Å². The number of nitrogens with zero attached hydrogens (tertiary/aromatic N) is 6. The number of fused-ring (bicyclic) bond motifs is 2. The van der Waals surface area contributed by atoms with E-state index in [-0.39, 0.29) is 11.8 Å². The summed E-state index contributed by atoms with van der Waals surface area (Å²) >= 11 is 1.66. The highest BCUT2D eigenvalue weighted by molar-refractivity contribution is 7.10. The van der Waals surface area contributed by atoms with Crippen molar-refractivity contribution >= 4 is 28.7 Å². The van der Waals surface area contributed by atoms with Crippen molar-refractivity contribution in [3.63, 3.8) is 0 Å². The second kappa shape index (κ2) is 5.46. The molecule has 1 atom stereocenters. The molecule has 1 unspecified atom stereocenters. The summed E-state index contributed by atoms with van der Waals surface area (Å²) in [6.45, 7) is 3.81. The van der Waals surface area contributed by atoms with Gasteiger partial charge in [0.05, 0.1) is 5.69 Å². The number of aryl methyl sites for hydroxylation is 2. The van der Waals surface area contributed by atoms with Gasteiger partial charge in [-0.2, -0.15) is 14.3 Å². The highest BCUT2D eigenvalue weighted by atomic mass is 32.1. The fraction of sp³-hybridized carbons (Fsp3) is 0.235. The molecule has 26 heavy (non-hydrogen) atoms. The van der Waals surface area contributed by atoms with E-state index in [0.717, 1.165) is 11.3 Å². The molecule has 4 aromatic heterocycles. The number of aromatic nitrogens is 6. The van der Waals surface area contributed by atoms with Gasteiger partial charge in [0.15, 0.2) is 17.3 Å². The number of amides is 1. The Balaban J connectivity index is 1.70. The average molecular weight is 365 g/mol. The maximum absolute atomic E-state index is 12.4. The van der Waals surface area contributed by atoms with Gasteiger partial charge in [0, 0.05) is 22.8 Å². The molecule has 0 spiro atoms. The van der Waals surface area contributed by atoms with Crippen LogP contribution in [-0.2, 0) is 4.79 Å². The summed E-state index contributed by atoms with van der Waals surface area (Å²) in [7, 11) is 0. The van der Waals surface area contributed by atoms with Crippen LogP contribution < -0.4 is 5.32 Å². The minimum Gasteiger partial charge on any atom is -0.310 e. The first kappa shape index (κ1) is 15.2. The van der Waals surface area contributed by atoms with E-state index < -0.39 is 0 Å². The normalized spacial score (nSPS) is 16.7. The third kappa shape index (κ3) is 2.17. The van der Waals surface area contributed by atoms with Crippen molar-refractivity contribution in [1.29, 1.82) is 0 Å². The first-order valence-corrected chi connectivity index (χ1v) is 9.12. The van der Waals surface area contributed by atoms with Gasteiger partial charge in [-0.25, -0.2) is 0 Å². The molecule has 5 rings (SSSR count). The van der Waals surface area contributed by atoms with Gasteiger partial charge in [-0.15, -0.1) is 26.6 Å². The van der Waals surface area contributed by atoms with Crippen molar-refractivity contribution in [1.82, 2.24) is 29.6 Å². The molecule has 0 aromatic carbocycles. The number of hydrogen-bond acceptors (Lipinski definition) is 6. The molecule has 9 heteroatoms. The summed E-state index contributed by atoms with van der Waals surface area (Å²) < 4.78 is 3.36. The van der Waals surface area contributed by atoms with Gasteiger partial charge in [0.1, 0.15) is 5.82 Å². The van der Waals surface area contributed by atoms with Gasteiger partial charge in [-0.05, 0) is 37.4 Å². The van der Waals surface area contributed by atoms with E-state index in [0.29, 0.717) is 29.5 Å². The van der Waals surface area contributed by atoms with Crippen LogP contribution in [0.3, 0.4) is 0 Å². The monoisotopic (exact) mass is 365 g/mol. The number of hydrogen-bond donors (Lipinski definition) is 1. The standard InChI is InChI=1S/C17H15N7OS/c1-9-16-11(12-4-3-7-26-12)8-15(25)18-17(16)24(21-9)14-6-5-13-20-19-10(2)23(13)22-14/h3-7,11H,8H2,1-2H3,(H,18,25). The summed E-state index contributed by atoms with van der Waals surface area (Å²) in [4.78, 5) is 13.5. The Bertz CT molecular complexity index is 1140. The molecule has 0 aliphatic carbocycles. The quantitative estimate of drug-likeness (QED) is 0.589. The zero-order valence-corrected chi connectivity index (χ0v) is 15.0. The van der Waals surface area contributed by atoms with Crippen LogP contribution in [0, 0.1) is 13.8 Å². The molecule has 1 aliphatic heterocycles. The van der Waals surface area contributed by atoms with Gasteiger partial charge >= 0.3 is 0 Å². The maximum Gasteiger partial charge on any atom is 0.226 e. The maximum atomic E-state index is 12.4. The highest BCUT2D eigenvalue weighted by Gasteiger charge is 2.33. The van der Waals surface area contributed by atoms with Crippen LogP contribution in [-0.4, -0.2) is 35.5 Å². The van der Waals surface area contributed by atoms with Crippen molar-refractivity contribution < 1.29 is 4.79 Å². The van der Waals surface area contributed by atoms with Gasteiger partial charge < -0.3 is 5.32 Å². The topological polar surface area (TPSA) is 90.0 Å². The molecule has 5 heterocycles. The number of carbonyl (C=O) groups is 1. The Morgan fingerprint density at radius 2 is 2.08 bits per heavy atom. The van der Waals surface area contributed by atoms with Crippen molar-refractivity contribution in [3.05, 3.63) is 51.6 Å². The van der Waals surface area contributed by atoms with Crippen LogP contribution >= 0.6 is 11.3 Å².